The third kappa shape index (κ3) is 45.8. The van der Waals surface area contributed by atoms with Gasteiger partial charge in [-0.1, -0.05) is 253 Å². The second kappa shape index (κ2) is 45.9. The maximum atomic E-state index is 12.8. The molecule has 59 heavy (non-hydrogen) atoms. The van der Waals surface area contributed by atoms with Crippen LogP contribution in [-0.2, 0) is 28.6 Å². The summed E-state index contributed by atoms with van der Waals surface area (Å²) < 4.78 is 16.8. The Bertz CT molecular complexity index is 902. The topological polar surface area (TPSA) is 78.9 Å². The molecule has 0 saturated carbocycles. The van der Waals surface area contributed by atoms with E-state index in [0.29, 0.717) is 19.3 Å². The summed E-state index contributed by atoms with van der Waals surface area (Å²) in [5.41, 5.74) is 0. The lowest BCUT2D eigenvalue weighted by molar-refractivity contribution is -0.167. The van der Waals surface area contributed by atoms with Crippen molar-refractivity contribution in [3.05, 3.63) is 0 Å². The predicted molar refractivity (Wildman–Crippen MR) is 252 cm³/mol. The van der Waals surface area contributed by atoms with Gasteiger partial charge in [0, 0.05) is 19.3 Å². The molecule has 0 aromatic carbocycles. The molecule has 1 unspecified atom stereocenters. The lowest BCUT2D eigenvalue weighted by Gasteiger charge is -2.18. The van der Waals surface area contributed by atoms with E-state index in [1.807, 2.05) is 0 Å². The molecule has 2 atom stereocenters. The van der Waals surface area contributed by atoms with Gasteiger partial charge in [0.15, 0.2) is 6.10 Å². The van der Waals surface area contributed by atoms with Crippen molar-refractivity contribution in [2.45, 2.75) is 298 Å². The minimum Gasteiger partial charge on any atom is -0.462 e. The first kappa shape index (κ1) is 57.4. The molecule has 0 saturated heterocycles. The van der Waals surface area contributed by atoms with Gasteiger partial charge in [-0.2, -0.15) is 0 Å². The Labute approximate surface area is 368 Å². The fraction of sp³-hybridized carbons (Fsp3) is 0.943. The summed E-state index contributed by atoms with van der Waals surface area (Å²) in [6, 6.07) is 0. The first-order valence-corrected chi connectivity index (χ1v) is 26.3. The van der Waals surface area contributed by atoms with Gasteiger partial charge in [0.25, 0.3) is 0 Å². The third-order valence-electron chi connectivity index (χ3n) is 12.3. The molecule has 0 aliphatic rings. The summed E-state index contributed by atoms with van der Waals surface area (Å²) in [5, 5.41) is 0. The van der Waals surface area contributed by atoms with E-state index in [-0.39, 0.29) is 31.1 Å². The monoisotopic (exact) mass is 835 g/mol. The van der Waals surface area contributed by atoms with E-state index in [2.05, 4.69) is 34.6 Å². The molecule has 0 bridgehead atoms. The Hall–Kier alpha value is -1.59. The van der Waals surface area contributed by atoms with Crippen LogP contribution in [0.2, 0.25) is 0 Å². The fourth-order valence-corrected chi connectivity index (χ4v) is 7.96. The van der Waals surface area contributed by atoms with E-state index in [1.165, 1.54) is 180 Å². The van der Waals surface area contributed by atoms with Gasteiger partial charge < -0.3 is 14.2 Å². The molecule has 0 spiro atoms. The van der Waals surface area contributed by atoms with Gasteiger partial charge in [-0.25, -0.2) is 0 Å². The van der Waals surface area contributed by atoms with Crippen LogP contribution in [0.15, 0.2) is 0 Å². The molecule has 0 N–H and O–H groups in total. The standard InChI is InChI=1S/C53H102O6/c1-6-8-9-10-11-12-13-14-15-16-17-18-21-24-27-33-38-43-51(54)57-46-50(47-58-52(55)44-39-34-30-29-32-37-42-49(5)7-2)59-53(56)45-40-35-28-25-22-19-20-23-26-31-36-41-48(3)4/h48-50H,6-47H2,1-5H3/t49?,50-/m0/s1. The predicted octanol–water partition coefficient (Wildman–Crippen LogP) is 16.9. The molecular formula is C53H102O6. The lowest BCUT2D eigenvalue weighted by atomic mass is 10.00. The largest absolute Gasteiger partial charge is 0.462 e. The van der Waals surface area contributed by atoms with Crippen LogP contribution in [0.5, 0.6) is 0 Å². The van der Waals surface area contributed by atoms with Crippen LogP contribution in [0, 0.1) is 11.8 Å². The van der Waals surface area contributed by atoms with E-state index in [4.69, 9.17) is 14.2 Å². The van der Waals surface area contributed by atoms with Crippen LogP contribution in [-0.4, -0.2) is 37.2 Å². The number of hydrogen-bond donors (Lipinski definition) is 0. The Kier molecular flexibility index (Phi) is 44.7. The molecule has 0 rings (SSSR count). The molecule has 0 aliphatic heterocycles. The molecule has 0 heterocycles. The molecule has 0 aromatic heterocycles. The number of hydrogen-bond acceptors (Lipinski definition) is 6. The zero-order valence-electron chi connectivity index (χ0n) is 40.4. The third-order valence-corrected chi connectivity index (χ3v) is 12.3. The lowest BCUT2D eigenvalue weighted by Crippen LogP contribution is -2.30. The maximum absolute atomic E-state index is 12.8. The average Bonchev–Trinajstić information content (AvgIpc) is 3.22. The van der Waals surface area contributed by atoms with Crippen molar-refractivity contribution in [3.63, 3.8) is 0 Å². The number of rotatable bonds is 47. The van der Waals surface area contributed by atoms with Crippen LogP contribution < -0.4 is 0 Å². The van der Waals surface area contributed by atoms with Gasteiger partial charge in [0.1, 0.15) is 13.2 Å². The van der Waals surface area contributed by atoms with E-state index >= 15 is 0 Å². The summed E-state index contributed by atoms with van der Waals surface area (Å²) >= 11 is 0. The molecule has 0 radical (unpaired) electrons. The van der Waals surface area contributed by atoms with Gasteiger partial charge in [0.05, 0.1) is 0 Å². The highest BCUT2D eigenvalue weighted by Crippen LogP contribution is 2.18. The van der Waals surface area contributed by atoms with Gasteiger partial charge in [-0.3, -0.25) is 14.4 Å². The summed E-state index contributed by atoms with van der Waals surface area (Å²) in [6.45, 7) is 11.3. The first-order chi connectivity index (χ1) is 28.8. The Morgan fingerprint density at radius 1 is 0.356 bits per heavy atom. The van der Waals surface area contributed by atoms with Gasteiger partial charge in [-0.15, -0.1) is 0 Å². The summed E-state index contributed by atoms with van der Waals surface area (Å²) in [7, 11) is 0. The van der Waals surface area contributed by atoms with E-state index in [1.54, 1.807) is 0 Å². The Morgan fingerprint density at radius 2 is 0.644 bits per heavy atom. The van der Waals surface area contributed by atoms with Crippen molar-refractivity contribution in [1.82, 2.24) is 0 Å². The average molecular weight is 835 g/mol. The molecule has 6 heteroatoms. The molecule has 6 nitrogen and oxygen atoms in total. The van der Waals surface area contributed by atoms with E-state index in [0.717, 1.165) is 69.6 Å². The molecule has 0 aliphatic carbocycles. The Morgan fingerprint density at radius 3 is 0.966 bits per heavy atom. The molecule has 350 valence electrons. The Balaban J connectivity index is 4.28. The van der Waals surface area contributed by atoms with Crippen LogP contribution in [0.3, 0.4) is 0 Å². The second-order valence-electron chi connectivity index (χ2n) is 18.9. The van der Waals surface area contributed by atoms with Crippen LogP contribution in [0.25, 0.3) is 0 Å². The van der Waals surface area contributed by atoms with Crippen molar-refractivity contribution in [3.8, 4) is 0 Å². The number of carbonyl (C=O) groups is 3. The SMILES string of the molecule is CCCCCCCCCCCCCCCCCCCC(=O)OC[C@@H](COC(=O)CCCCCCCCC(C)CC)OC(=O)CCCCCCCCCCCCCC(C)C. The summed E-state index contributed by atoms with van der Waals surface area (Å²) in [4.78, 5) is 37.9. The van der Waals surface area contributed by atoms with Crippen molar-refractivity contribution in [2.75, 3.05) is 13.2 Å². The van der Waals surface area contributed by atoms with Crippen molar-refractivity contribution in [1.29, 1.82) is 0 Å². The number of esters is 3. The highest BCUT2D eigenvalue weighted by Gasteiger charge is 2.19. The molecule has 0 aromatic rings. The molecule has 0 fully saturated rings. The highest BCUT2D eigenvalue weighted by molar-refractivity contribution is 5.71. The number of carbonyl (C=O) groups excluding carboxylic acids is 3. The van der Waals surface area contributed by atoms with Gasteiger partial charge in [-0.05, 0) is 31.1 Å². The first-order valence-electron chi connectivity index (χ1n) is 26.3. The summed E-state index contributed by atoms with van der Waals surface area (Å²) in [6.07, 6.45) is 46.6. The highest BCUT2D eigenvalue weighted by atomic mass is 16.6. The van der Waals surface area contributed by atoms with Crippen molar-refractivity contribution < 1.29 is 28.6 Å². The zero-order chi connectivity index (χ0) is 43.3. The normalized spacial score (nSPS) is 12.5. The van der Waals surface area contributed by atoms with Crippen molar-refractivity contribution >= 4 is 17.9 Å². The maximum Gasteiger partial charge on any atom is 0.306 e. The molecule has 0 amide bonds. The number of ether oxygens (including phenoxy) is 3. The fourth-order valence-electron chi connectivity index (χ4n) is 7.96. The minimum atomic E-state index is -0.762. The van der Waals surface area contributed by atoms with Crippen LogP contribution in [0.1, 0.15) is 291 Å². The number of unbranched alkanes of at least 4 members (excludes halogenated alkanes) is 31. The van der Waals surface area contributed by atoms with E-state index < -0.39 is 6.10 Å². The minimum absolute atomic E-state index is 0.0643. The van der Waals surface area contributed by atoms with Crippen LogP contribution in [0.4, 0.5) is 0 Å². The smallest absolute Gasteiger partial charge is 0.306 e. The van der Waals surface area contributed by atoms with Gasteiger partial charge in [0.2, 0.25) is 0 Å². The summed E-state index contributed by atoms with van der Waals surface area (Å²) in [5.74, 6) is 0.788. The zero-order valence-corrected chi connectivity index (χ0v) is 40.4. The van der Waals surface area contributed by atoms with Crippen molar-refractivity contribution in [2.24, 2.45) is 11.8 Å². The van der Waals surface area contributed by atoms with Gasteiger partial charge >= 0.3 is 17.9 Å². The quantitative estimate of drug-likeness (QED) is 0.0345. The van der Waals surface area contributed by atoms with Crippen LogP contribution >= 0.6 is 0 Å². The van der Waals surface area contributed by atoms with E-state index in [9.17, 15) is 14.4 Å². The second-order valence-corrected chi connectivity index (χ2v) is 18.9. The molecular weight excluding hydrogens is 733 g/mol.